The van der Waals surface area contributed by atoms with Crippen LogP contribution in [0.5, 0.6) is 5.75 Å². The molecule has 3 aromatic heterocycles. The van der Waals surface area contributed by atoms with E-state index in [2.05, 4.69) is 49.5 Å². The normalized spacial score (nSPS) is 13.8. The fourth-order valence-corrected chi connectivity index (χ4v) is 4.14. The predicted molar refractivity (Wildman–Crippen MR) is 148 cm³/mol. The first-order valence-corrected chi connectivity index (χ1v) is 13.2. The van der Waals surface area contributed by atoms with Crippen molar-refractivity contribution in [1.82, 2.24) is 29.0 Å². The van der Waals surface area contributed by atoms with E-state index in [-0.39, 0.29) is 0 Å². The van der Waals surface area contributed by atoms with Crippen LogP contribution in [0.4, 0.5) is 32.2 Å². The van der Waals surface area contributed by atoms with Crippen LogP contribution < -0.4 is 9.64 Å². The summed E-state index contributed by atoms with van der Waals surface area (Å²) in [6.07, 6.45) is -0.289. The second kappa shape index (κ2) is 14.7. The van der Waals surface area contributed by atoms with Gasteiger partial charge in [-0.2, -0.15) is 31.4 Å². The summed E-state index contributed by atoms with van der Waals surface area (Å²) in [5.41, 5.74) is 4.31. The number of hydrogen-bond donors (Lipinski definition) is 2. The van der Waals surface area contributed by atoms with Gasteiger partial charge < -0.3 is 19.8 Å². The van der Waals surface area contributed by atoms with Gasteiger partial charge in [-0.3, -0.25) is 14.0 Å². The molecule has 5 rings (SSSR count). The molecule has 0 radical (unpaired) electrons. The molecular formula is C27H29F6N7O5. The fourth-order valence-electron chi connectivity index (χ4n) is 4.14. The Labute approximate surface area is 252 Å². The van der Waals surface area contributed by atoms with Crippen molar-refractivity contribution in [3.63, 3.8) is 0 Å². The number of fused-ring (bicyclic) bond motifs is 1. The summed E-state index contributed by atoms with van der Waals surface area (Å²) in [6.45, 7) is 7.80. The predicted octanol–water partition coefficient (Wildman–Crippen LogP) is 4.21. The van der Waals surface area contributed by atoms with Gasteiger partial charge in [-0.15, -0.1) is 0 Å². The molecule has 4 aromatic rings. The van der Waals surface area contributed by atoms with Crippen LogP contribution in [-0.4, -0.2) is 96.8 Å². The first-order valence-electron chi connectivity index (χ1n) is 13.2. The van der Waals surface area contributed by atoms with Crippen molar-refractivity contribution in [1.29, 1.82) is 0 Å². The highest BCUT2D eigenvalue weighted by molar-refractivity contribution is 5.73. The Morgan fingerprint density at radius 2 is 1.49 bits per heavy atom. The summed E-state index contributed by atoms with van der Waals surface area (Å²) < 4.78 is 72.9. The van der Waals surface area contributed by atoms with E-state index in [0.29, 0.717) is 0 Å². The number of piperazine rings is 1. The van der Waals surface area contributed by atoms with Gasteiger partial charge in [0.2, 0.25) is 0 Å². The Bertz CT molecular complexity index is 1540. The molecule has 1 saturated heterocycles. The monoisotopic (exact) mass is 645 g/mol. The van der Waals surface area contributed by atoms with E-state index < -0.39 is 24.3 Å². The van der Waals surface area contributed by atoms with Crippen LogP contribution in [0, 0.1) is 0 Å². The summed E-state index contributed by atoms with van der Waals surface area (Å²) in [7, 11) is 1.68. The number of ether oxygens (including phenoxy) is 1. The minimum atomic E-state index is -5.08. The molecule has 0 saturated carbocycles. The van der Waals surface area contributed by atoms with Crippen LogP contribution >= 0.6 is 0 Å². The van der Waals surface area contributed by atoms with Crippen molar-refractivity contribution in [2.45, 2.75) is 32.4 Å². The third-order valence-electron chi connectivity index (χ3n) is 6.37. The number of halogens is 6. The van der Waals surface area contributed by atoms with E-state index in [0.717, 1.165) is 67.7 Å². The number of benzene rings is 1. The number of aromatic nitrogens is 5. The smallest absolute Gasteiger partial charge is 0.490 e. The maximum absolute atomic E-state index is 10.6. The highest BCUT2D eigenvalue weighted by Crippen LogP contribution is 2.27. The number of carbonyl (C=O) groups is 2. The summed E-state index contributed by atoms with van der Waals surface area (Å²) in [5, 5.41) is 18.6. The van der Waals surface area contributed by atoms with Crippen molar-refractivity contribution in [2.24, 2.45) is 0 Å². The maximum Gasteiger partial charge on any atom is 0.490 e. The summed E-state index contributed by atoms with van der Waals surface area (Å²) in [6, 6.07) is 8.06. The molecule has 0 aliphatic carbocycles. The van der Waals surface area contributed by atoms with Gasteiger partial charge >= 0.3 is 24.3 Å². The molecule has 0 amide bonds. The van der Waals surface area contributed by atoms with E-state index in [1.54, 1.807) is 7.11 Å². The number of carboxylic acid groups (broad SMARTS) is 2. The third-order valence-corrected chi connectivity index (χ3v) is 6.37. The van der Waals surface area contributed by atoms with Gasteiger partial charge in [0.05, 0.1) is 25.2 Å². The van der Waals surface area contributed by atoms with Gasteiger partial charge in [-0.25, -0.2) is 19.6 Å². The van der Waals surface area contributed by atoms with Crippen molar-refractivity contribution in [2.75, 3.05) is 38.2 Å². The van der Waals surface area contributed by atoms with Crippen LogP contribution in [0.3, 0.4) is 0 Å². The molecule has 0 unspecified atom stereocenters. The van der Waals surface area contributed by atoms with Gasteiger partial charge in [-0.05, 0) is 31.2 Å². The number of rotatable bonds is 6. The molecule has 2 N–H and O–H groups in total. The Balaban J connectivity index is 0.000000331. The summed E-state index contributed by atoms with van der Waals surface area (Å²) in [4.78, 5) is 32.0. The maximum atomic E-state index is 10.6. The average Bonchev–Trinajstić information content (AvgIpc) is 3.64. The molecule has 4 heterocycles. The molecule has 45 heavy (non-hydrogen) atoms. The summed E-state index contributed by atoms with van der Waals surface area (Å²) >= 11 is 0. The zero-order valence-corrected chi connectivity index (χ0v) is 24.0. The van der Waals surface area contributed by atoms with Gasteiger partial charge in [0.15, 0.2) is 11.5 Å². The lowest BCUT2D eigenvalue weighted by molar-refractivity contribution is -0.193. The number of methoxy groups -OCH3 is 1. The summed E-state index contributed by atoms with van der Waals surface area (Å²) in [5.74, 6) is -3.72. The standard InChI is InChI=1S/C23H27N7O.2C2HF3O2/c1-3-29-17-18(14-26-29)16-27-10-12-28(13-11-27)22-23-25-15-21(30(23)9-8-24-22)19-4-6-20(31-2)7-5-19;2*3-2(4,5)1(6)7/h4-9,14-15,17H,3,10-13,16H2,1-2H3;2*(H,6,7). The first-order chi connectivity index (χ1) is 21.1. The highest BCUT2D eigenvalue weighted by atomic mass is 19.4. The van der Waals surface area contributed by atoms with Gasteiger partial charge in [0.1, 0.15) is 5.75 Å². The number of nitrogens with zero attached hydrogens (tertiary/aromatic N) is 7. The van der Waals surface area contributed by atoms with E-state index in [9.17, 15) is 26.3 Å². The lowest BCUT2D eigenvalue weighted by Crippen LogP contribution is -2.46. The van der Waals surface area contributed by atoms with Crippen LogP contribution in [0.1, 0.15) is 12.5 Å². The number of alkyl halides is 6. The van der Waals surface area contributed by atoms with Crippen molar-refractivity contribution >= 4 is 23.4 Å². The third kappa shape index (κ3) is 9.56. The SMILES string of the molecule is CCn1cc(CN2CCN(c3nccn4c(-c5ccc(OC)cc5)cnc34)CC2)cn1.O=C(O)C(F)(F)F.O=C(O)C(F)(F)F. The zero-order chi connectivity index (χ0) is 33.4. The average molecular weight is 646 g/mol. The molecule has 1 aliphatic heterocycles. The number of carboxylic acids is 2. The van der Waals surface area contributed by atoms with Crippen LogP contribution in [0.2, 0.25) is 0 Å². The number of imidazole rings is 1. The Morgan fingerprint density at radius 3 is 1.98 bits per heavy atom. The first kappa shape index (κ1) is 34.6. The lowest BCUT2D eigenvalue weighted by atomic mass is 10.1. The molecule has 1 aliphatic rings. The number of aliphatic carboxylic acids is 2. The second-order valence-corrected chi connectivity index (χ2v) is 9.39. The van der Waals surface area contributed by atoms with Crippen molar-refractivity contribution in [3.8, 4) is 17.0 Å². The van der Waals surface area contributed by atoms with Gasteiger partial charge in [0.25, 0.3) is 0 Å². The van der Waals surface area contributed by atoms with E-state index >= 15 is 0 Å². The van der Waals surface area contributed by atoms with E-state index in [4.69, 9.17) is 29.5 Å². The van der Waals surface area contributed by atoms with Crippen molar-refractivity contribution < 1.29 is 50.9 Å². The molecule has 12 nitrogen and oxygen atoms in total. The van der Waals surface area contributed by atoms with Crippen LogP contribution in [0.15, 0.2) is 55.2 Å². The number of aryl methyl sites for hydroxylation is 1. The van der Waals surface area contributed by atoms with Gasteiger partial charge in [-0.1, -0.05) is 0 Å². The molecule has 0 bridgehead atoms. The quantitative estimate of drug-likeness (QED) is 0.294. The number of hydrogen-bond acceptors (Lipinski definition) is 8. The molecule has 18 heteroatoms. The Morgan fingerprint density at radius 1 is 0.911 bits per heavy atom. The minimum Gasteiger partial charge on any atom is -0.497 e. The molecule has 1 fully saturated rings. The lowest BCUT2D eigenvalue weighted by Gasteiger charge is -2.35. The van der Waals surface area contributed by atoms with Crippen LogP contribution in [0.25, 0.3) is 16.9 Å². The molecule has 0 atom stereocenters. The van der Waals surface area contributed by atoms with E-state index in [1.807, 2.05) is 41.6 Å². The zero-order valence-electron chi connectivity index (χ0n) is 24.0. The van der Waals surface area contributed by atoms with Gasteiger partial charge in [0, 0.05) is 69.0 Å². The van der Waals surface area contributed by atoms with E-state index in [1.165, 1.54) is 5.56 Å². The van der Waals surface area contributed by atoms with Crippen LogP contribution in [-0.2, 0) is 22.7 Å². The molecule has 0 spiro atoms. The highest BCUT2D eigenvalue weighted by Gasteiger charge is 2.38. The van der Waals surface area contributed by atoms with Crippen molar-refractivity contribution in [3.05, 3.63) is 60.8 Å². The fraction of sp³-hybridized carbons (Fsp3) is 0.370. The Hall–Kier alpha value is -4.87. The molecule has 1 aromatic carbocycles. The molecular weight excluding hydrogens is 616 g/mol. The molecule has 244 valence electrons. The Kier molecular flexibility index (Phi) is 11.3. The minimum absolute atomic E-state index is 0.847. The topological polar surface area (TPSA) is 138 Å². The second-order valence-electron chi connectivity index (χ2n) is 9.39. The largest absolute Gasteiger partial charge is 0.497 e. The number of anilines is 1.